The second-order valence-corrected chi connectivity index (χ2v) is 6.42. The van der Waals surface area contributed by atoms with Crippen LogP contribution >= 0.6 is 0 Å². The third-order valence-electron chi connectivity index (χ3n) is 4.65. The van der Waals surface area contributed by atoms with Crippen molar-refractivity contribution in [2.45, 2.75) is 19.9 Å². The summed E-state index contributed by atoms with van der Waals surface area (Å²) < 4.78 is 10.9. The first kappa shape index (κ1) is 17.6. The largest absolute Gasteiger partial charge is 0.441 e. The van der Waals surface area contributed by atoms with Crippen molar-refractivity contribution in [1.82, 2.24) is 14.8 Å². The summed E-state index contributed by atoms with van der Waals surface area (Å²) in [7, 11) is 1.72. The zero-order valence-corrected chi connectivity index (χ0v) is 15.1. The number of amides is 1. The highest BCUT2D eigenvalue weighted by molar-refractivity contribution is 5.93. The summed E-state index contributed by atoms with van der Waals surface area (Å²) in [6, 6.07) is 10.0. The van der Waals surface area contributed by atoms with Crippen LogP contribution in [-0.4, -0.2) is 66.6 Å². The second-order valence-electron chi connectivity index (χ2n) is 6.42. The van der Waals surface area contributed by atoms with Gasteiger partial charge in [-0.15, -0.1) is 0 Å². The van der Waals surface area contributed by atoms with E-state index in [0.29, 0.717) is 43.1 Å². The number of rotatable bonds is 5. The fourth-order valence-corrected chi connectivity index (χ4v) is 3.16. The van der Waals surface area contributed by atoms with Gasteiger partial charge in [-0.3, -0.25) is 9.69 Å². The molecule has 1 saturated heterocycles. The van der Waals surface area contributed by atoms with E-state index in [-0.39, 0.29) is 5.91 Å². The van der Waals surface area contributed by atoms with Gasteiger partial charge in [0.2, 0.25) is 5.89 Å². The lowest BCUT2D eigenvalue weighted by atomic mass is 10.2. The van der Waals surface area contributed by atoms with Gasteiger partial charge < -0.3 is 14.1 Å². The van der Waals surface area contributed by atoms with E-state index in [1.54, 1.807) is 14.0 Å². The molecule has 0 aliphatic carbocycles. The normalized spacial score (nSPS) is 16.8. The lowest BCUT2D eigenvalue weighted by Crippen LogP contribution is -2.52. The molecule has 0 radical (unpaired) electrons. The van der Waals surface area contributed by atoms with Gasteiger partial charge in [0.05, 0.1) is 6.61 Å². The highest BCUT2D eigenvalue weighted by Gasteiger charge is 2.28. The summed E-state index contributed by atoms with van der Waals surface area (Å²) in [6.07, 6.45) is 0. The number of methoxy groups -OCH3 is 1. The summed E-state index contributed by atoms with van der Waals surface area (Å²) >= 11 is 0. The molecule has 1 amide bonds. The van der Waals surface area contributed by atoms with Gasteiger partial charge in [0.25, 0.3) is 5.91 Å². The van der Waals surface area contributed by atoms with Crippen LogP contribution in [0.2, 0.25) is 0 Å². The third-order valence-corrected chi connectivity index (χ3v) is 4.65. The maximum absolute atomic E-state index is 12.8. The summed E-state index contributed by atoms with van der Waals surface area (Å²) in [6.45, 7) is 7.73. The van der Waals surface area contributed by atoms with Crippen molar-refractivity contribution in [3.05, 3.63) is 41.8 Å². The number of oxazole rings is 1. The van der Waals surface area contributed by atoms with E-state index in [4.69, 9.17) is 9.15 Å². The number of carbonyl (C=O) groups excluding carboxylic acids is 1. The number of nitrogens with zero attached hydrogens (tertiary/aromatic N) is 3. The molecule has 0 bridgehead atoms. The maximum atomic E-state index is 12.8. The van der Waals surface area contributed by atoms with Crippen LogP contribution in [0.25, 0.3) is 11.5 Å². The van der Waals surface area contributed by atoms with E-state index in [2.05, 4.69) is 16.8 Å². The summed E-state index contributed by atoms with van der Waals surface area (Å²) in [5.74, 6) is 1.01. The minimum Gasteiger partial charge on any atom is -0.441 e. The first-order valence-electron chi connectivity index (χ1n) is 8.65. The quantitative estimate of drug-likeness (QED) is 0.834. The second kappa shape index (κ2) is 7.80. The van der Waals surface area contributed by atoms with Crippen molar-refractivity contribution in [3.8, 4) is 11.5 Å². The summed E-state index contributed by atoms with van der Waals surface area (Å²) in [5.41, 5.74) is 1.29. The molecule has 0 spiro atoms. The van der Waals surface area contributed by atoms with E-state index in [1.807, 2.05) is 35.2 Å². The Bertz CT molecular complexity index is 706. The Morgan fingerprint density at radius 3 is 2.56 bits per heavy atom. The number of hydrogen-bond donors (Lipinski definition) is 0. The standard InChI is InChI=1S/C19H25N3O3/c1-14(13-24-3)21-9-11-22(12-10-21)19(23)17-15(2)25-18(20-17)16-7-5-4-6-8-16/h4-8,14H,9-13H2,1-3H3/t14-/m0/s1. The average Bonchev–Trinajstić information content (AvgIpc) is 3.04. The zero-order chi connectivity index (χ0) is 17.8. The number of aryl methyl sites for hydroxylation is 1. The van der Waals surface area contributed by atoms with Crippen LogP contribution < -0.4 is 0 Å². The highest BCUT2D eigenvalue weighted by Crippen LogP contribution is 2.22. The number of hydrogen-bond acceptors (Lipinski definition) is 5. The maximum Gasteiger partial charge on any atom is 0.276 e. The van der Waals surface area contributed by atoms with E-state index < -0.39 is 0 Å². The van der Waals surface area contributed by atoms with Crippen LogP contribution in [0.3, 0.4) is 0 Å². The van der Waals surface area contributed by atoms with Crippen molar-refractivity contribution >= 4 is 5.91 Å². The van der Waals surface area contributed by atoms with Crippen LogP contribution in [0.5, 0.6) is 0 Å². The fraction of sp³-hybridized carbons (Fsp3) is 0.474. The Hall–Kier alpha value is -2.18. The van der Waals surface area contributed by atoms with Gasteiger partial charge in [-0.25, -0.2) is 4.98 Å². The van der Waals surface area contributed by atoms with Crippen molar-refractivity contribution in [2.24, 2.45) is 0 Å². The number of piperazine rings is 1. The summed E-state index contributed by atoms with van der Waals surface area (Å²) in [5, 5.41) is 0. The minimum atomic E-state index is -0.0533. The molecule has 1 aromatic carbocycles. The lowest BCUT2D eigenvalue weighted by Gasteiger charge is -2.37. The highest BCUT2D eigenvalue weighted by atomic mass is 16.5. The molecular weight excluding hydrogens is 318 g/mol. The first-order valence-corrected chi connectivity index (χ1v) is 8.65. The molecule has 6 nitrogen and oxygen atoms in total. The van der Waals surface area contributed by atoms with Gasteiger partial charge in [-0.05, 0) is 26.0 Å². The Labute approximate surface area is 148 Å². The van der Waals surface area contributed by atoms with E-state index >= 15 is 0 Å². The minimum absolute atomic E-state index is 0.0533. The van der Waals surface area contributed by atoms with Gasteiger partial charge in [0, 0.05) is 44.9 Å². The zero-order valence-electron chi connectivity index (χ0n) is 15.1. The molecule has 0 saturated carbocycles. The van der Waals surface area contributed by atoms with Gasteiger partial charge in [-0.2, -0.15) is 0 Å². The predicted octanol–water partition coefficient (Wildman–Crippen LogP) is 2.44. The SMILES string of the molecule is COC[C@H](C)N1CCN(C(=O)c2nc(-c3ccccc3)oc2C)CC1. The molecule has 2 heterocycles. The van der Waals surface area contributed by atoms with Crippen LogP contribution in [0.4, 0.5) is 0 Å². The smallest absolute Gasteiger partial charge is 0.276 e. The van der Waals surface area contributed by atoms with Crippen molar-refractivity contribution in [1.29, 1.82) is 0 Å². The predicted molar refractivity (Wildman–Crippen MR) is 95.5 cm³/mol. The summed E-state index contributed by atoms with van der Waals surface area (Å²) in [4.78, 5) is 21.5. The van der Waals surface area contributed by atoms with Crippen molar-refractivity contribution in [3.63, 3.8) is 0 Å². The van der Waals surface area contributed by atoms with Crippen molar-refractivity contribution < 1.29 is 13.9 Å². The fourth-order valence-electron chi connectivity index (χ4n) is 3.16. The van der Waals surface area contributed by atoms with E-state index in [0.717, 1.165) is 18.7 Å². The number of benzene rings is 1. The third kappa shape index (κ3) is 3.91. The molecular formula is C19H25N3O3. The molecule has 1 aliphatic rings. The molecule has 2 aromatic rings. The van der Waals surface area contributed by atoms with E-state index in [1.165, 1.54) is 0 Å². The lowest BCUT2D eigenvalue weighted by molar-refractivity contribution is 0.0444. The molecule has 0 unspecified atom stereocenters. The molecule has 1 aromatic heterocycles. The molecule has 0 N–H and O–H groups in total. The molecule has 3 rings (SSSR count). The van der Waals surface area contributed by atoms with E-state index in [9.17, 15) is 4.79 Å². The molecule has 1 atom stereocenters. The molecule has 25 heavy (non-hydrogen) atoms. The first-order chi connectivity index (χ1) is 12.1. The number of ether oxygens (including phenoxy) is 1. The Morgan fingerprint density at radius 1 is 1.24 bits per heavy atom. The number of aromatic nitrogens is 1. The Kier molecular flexibility index (Phi) is 5.50. The number of carbonyl (C=O) groups is 1. The molecule has 1 fully saturated rings. The van der Waals surface area contributed by atoms with Gasteiger partial charge in [-0.1, -0.05) is 18.2 Å². The van der Waals surface area contributed by atoms with Crippen LogP contribution in [0.1, 0.15) is 23.2 Å². The van der Waals surface area contributed by atoms with Gasteiger partial charge in [0.15, 0.2) is 5.69 Å². The molecule has 6 heteroatoms. The monoisotopic (exact) mass is 343 g/mol. The van der Waals surface area contributed by atoms with Gasteiger partial charge in [0.1, 0.15) is 5.76 Å². The molecule has 1 aliphatic heterocycles. The average molecular weight is 343 g/mol. The van der Waals surface area contributed by atoms with Crippen LogP contribution in [0.15, 0.2) is 34.7 Å². The Balaban J connectivity index is 1.67. The van der Waals surface area contributed by atoms with Crippen LogP contribution in [-0.2, 0) is 4.74 Å². The topological polar surface area (TPSA) is 58.8 Å². The Morgan fingerprint density at radius 2 is 1.92 bits per heavy atom. The molecule has 134 valence electrons. The van der Waals surface area contributed by atoms with Crippen molar-refractivity contribution in [2.75, 3.05) is 39.9 Å². The van der Waals surface area contributed by atoms with Crippen LogP contribution in [0, 0.1) is 6.92 Å². The van der Waals surface area contributed by atoms with Gasteiger partial charge >= 0.3 is 0 Å².